The summed E-state index contributed by atoms with van der Waals surface area (Å²) in [6.45, 7) is 2.90. The van der Waals surface area contributed by atoms with Crippen LogP contribution in [0.15, 0.2) is 61.1 Å². The number of benzene rings is 2. The lowest BCUT2D eigenvalue weighted by Gasteiger charge is -2.41. The van der Waals surface area contributed by atoms with Crippen molar-refractivity contribution in [3.05, 3.63) is 82.9 Å². The molecule has 0 spiro atoms. The lowest BCUT2D eigenvalue weighted by molar-refractivity contribution is -0.122. The number of rotatable bonds is 8. The molecule has 0 bridgehead atoms. The van der Waals surface area contributed by atoms with Gasteiger partial charge in [-0.3, -0.25) is 9.69 Å². The average Bonchev–Trinajstić information content (AvgIpc) is 3.27. The number of aromatic nitrogens is 2. The highest BCUT2D eigenvalue weighted by molar-refractivity contribution is 7.91. The van der Waals surface area contributed by atoms with Gasteiger partial charge in [-0.25, -0.2) is 13.4 Å². The van der Waals surface area contributed by atoms with Crippen molar-refractivity contribution in [2.24, 2.45) is 0 Å². The fraction of sp³-hybridized carbons (Fsp3) is 0.320. The predicted molar refractivity (Wildman–Crippen MR) is 135 cm³/mol. The number of nitrogens with zero attached hydrogens (tertiary/aromatic N) is 5. The molecule has 1 aliphatic rings. The van der Waals surface area contributed by atoms with Crippen molar-refractivity contribution < 1.29 is 13.2 Å². The molecular formula is C25H26ClN5O3S. The van der Waals surface area contributed by atoms with Crippen LogP contribution in [0.2, 0.25) is 5.02 Å². The summed E-state index contributed by atoms with van der Waals surface area (Å²) in [5, 5.41) is 9.53. The van der Waals surface area contributed by atoms with Crippen LogP contribution in [-0.2, 0) is 27.7 Å². The van der Waals surface area contributed by atoms with Crippen LogP contribution in [0.25, 0.3) is 0 Å². The molecule has 1 aliphatic heterocycles. The van der Waals surface area contributed by atoms with Gasteiger partial charge in [-0.15, -0.1) is 0 Å². The third-order valence-electron chi connectivity index (χ3n) is 6.15. The van der Waals surface area contributed by atoms with Gasteiger partial charge in [0.2, 0.25) is 5.91 Å². The Balaban J connectivity index is 1.56. The molecule has 1 saturated heterocycles. The highest BCUT2D eigenvalue weighted by Crippen LogP contribution is 2.25. The van der Waals surface area contributed by atoms with Crippen molar-refractivity contribution in [3.8, 4) is 6.07 Å². The summed E-state index contributed by atoms with van der Waals surface area (Å²) < 4.78 is 27.1. The van der Waals surface area contributed by atoms with Gasteiger partial charge in [0.15, 0.2) is 9.84 Å². The molecule has 0 aliphatic carbocycles. The molecule has 1 amide bonds. The Morgan fingerprint density at radius 3 is 2.63 bits per heavy atom. The van der Waals surface area contributed by atoms with Gasteiger partial charge in [0.1, 0.15) is 0 Å². The SMILES string of the molecule is CCS(=O)(=O)C[C@@H]1CN(c2cccc(Cl)c2)C(=O)CN1Cc1cncn1Cc1ccc(C#N)cc1. The van der Waals surface area contributed by atoms with E-state index in [-0.39, 0.29) is 36.5 Å². The number of imidazole rings is 1. The first-order chi connectivity index (χ1) is 16.8. The van der Waals surface area contributed by atoms with Gasteiger partial charge in [-0.05, 0) is 35.9 Å². The van der Waals surface area contributed by atoms with Crippen LogP contribution in [0.3, 0.4) is 0 Å². The van der Waals surface area contributed by atoms with E-state index < -0.39 is 9.84 Å². The fourth-order valence-electron chi connectivity index (χ4n) is 4.18. The van der Waals surface area contributed by atoms with E-state index in [2.05, 4.69) is 11.1 Å². The first-order valence-corrected chi connectivity index (χ1v) is 13.5. The summed E-state index contributed by atoms with van der Waals surface area (Å²) in [6, 6.07) is 16.1. The quantitative estimate of drug-likeness (QED) is 0.461. The minimum absolute atomic E-state index is 0.0408. The van der Waals surface area contributed by atoms with Crippen molar-refractivity contribution >= 4 is 33.0 Å². The Morgan fingerprint density at radius 2 is 1.94 bits per heavy atom. The molecule has 1 aromatic heterocycles. The Bertz CT molecular complexity index is 1350. The molecule has 3 aromatic rings. The molecule has 10 heteroatoms. The van der Waals surface area contributed by atoms with Crippen LogP contribution < -0.4 is 4.90 Å². The third-order valence-corrected chi connectivity index (χ3v) is 8.16. The second kappa shape index (κ2) is 10.6. The summed E-state index contributed by atoms with van der Waals surface area (Å²) in [5.41, 5.74) is 3.13. The van der Waals surface area contributed by atoms with E-state index >= 15 is 0 Å². The van der Waals surface area contributed by atoms with E-state index in [1.54, 1.807) is 60.7 Å². The Morgan fingerprint density at radius 1 is 1.17 bits per heavy atom. The summed E-state index contributed by atoms with van der Waals surface area (Å²) in [6.07, 6.45) is 3.46. The number of hydrogen-bond donors (Lipinski definition) is 0. The maximum atomic E-state index is 13.1. The van der Waals surface area contributed by atoms with Crippen molar-refractivity contribution in [2.75, 3.05) is 29.5 Å². The predicted octanol–water partition coefficient (Wildman–Crippen LogP) is 3.11. The normalized spacial score (nSPS) is 16.9. The summed E-state index contributed by atoms with van der Waals surface area (Å²) in [4.78, 5) is 20.9. The monoisotopic (exact) mass is 511 g/mol. The van der Waals surface area contributed by atoms with Gasteiger partial charge in [0.25, 0.3) is 0 Å². The molecule has 8 nitrogen and oxygen atoms in total. The Hall–Kier alpha value is -3.19. The molecule has 1 atom stereocenters. The van der Waals surface area contributed by atoms with Gasteiger partial charge in [-0.2, -0.15) is 5.26 Å². The van der Waals surface area contributed by atoms with Crippen LogP contribution in [-0.4, -0.2) is 59.4 Å². The summed E-state index contributed by atoms with van der Waals surface area (Å²) in [7, 11) is -3.28. The van der Waals surface area contributed by atoms with Crippen molar-refractivity contribution in [1.82, 2.24) is 14.5 Å². The fourth-order valence-corrected chi connectivity index (χ4v) is 5.50. The van der Waals surface area contributed by atoms with E-state index in [9.17, 15) is 13.2 Å². The number of halogens is 1. The van der Waals surface area contributed by atoms with Crippen molar-refractivity contribution in [3.63, 3.8) is 0 Å². The van der Waals surface area contributed by atoms with Crippen LogP contribution in [0.1, 0.15) is 23.7 Å². The molecule has 4 rings (SSSR count). The summed E-state index contributed by atoms with van der Waals surface area (Å²) >= 11 is 6.13. The molecule has 2 heterocycles. The molecule has 0 saturated carbocycles. The topological polar surface area (TPSA) is 99.3 Å². The van der Waals surface area contributed by atoms with E-state index in [0.29, 0.717) is 29.4 Å². The molecule has 2 aromatic carbocycles. The van der Waals surface area contributed by atoms with Gasteiger partial charge in [0, 0.05) is 48.3 Å². The number of carbonyl (C=O) groups is 1. The number of sulfone groups is 1. The number of amides is 1. The highest BCUT2D eigenvalue weighted by atomic mass is 35.5. The number of hydrogen-bond acceptors (Lipinski definition) is 6. The molecular weight excluding hydrogens is 486 g/mol. The Labute approximate surface area is 210 Å². The van der Waals surface area contributed by atoms with E-state index in [1.807, 2.05) is 21.6 Å². The maximum Gasteiger partial charge on any atom is 0.241 e. The molecule has 0 radical (unpaired) electrons. The number of piperazine rings is 1. The third kappa shape index (κ3) is 6.09. The zero-order valence-corrected chi connectivity index (χ0v) is 20.9. The molecule has 182 valence electrons. The molecule has 35 heavy (non-hydrogen) atoms. The maximum absolute atomic E-state index is 13.1. The zero-order chi connectivity index (χ0) is 25.0. The molecule has 1 fully saturated rings. The van der Waals surface area contributed by atoms with Gasteiger partial charge >= 0.3 is 0 Å². The number of anilines is 1. The van der Waals surface area contributed by atoms with Crippen LogP contribution in [0.4, 0.5) is 5.69 Å². The van der Waals surface area contributed by atoms with E-state index in [4.69, 9.17) is 16.9 Å². The second-order valence-electron chi connectivity index (χ2n) is 8.56. The number of nitriles is 1. The highest BCUT2D eigenvalue weighted by Gasteiger charge is 2.35. The largest absolute Gasteiger partial charge is 0.329 e. The average molecular weight is 512 g/mol. The second-order valence-corrected chi connectivity index (χ2v) is 11.4. The lowest BCUT2D eigenvalue weighted by Crippen LogP contribution is -2.58. The first-order valence-electron chi connectivity index (χ1n) is 11.3. The molecule has 0 unspecified atom stereocenters. The van der Waals surface area contributed by atoms with Crippen molar-refractivity contribution in [1.29, 1.82) is 5.26 Å². The molecule has 0 N–H and O–H groups in total. The van der Waals surface area contributed by atoms with Crippen molar-refractivity contribution in [2.45, 2.75) is 26.1 Å². The van der Waals surface area contributed by atoms with Gasteiger partial charge in [0.05, 0.1) is 36.0 Å². The minimum atomic E-state index is -3.28. The van der Waals surface area contributed by atoms with Crippen LogP contribution in [0.5, 0.6) is 0 Å². The zero-order valence-electron chi connectivity index (χ0n) is 19.3. The number of carbonyl (C=O) groups excluding carboxylic acids is 1. The smallest absolute Gasteiger partial charge is 0.241 e. The summed E-state index contributed by atoms with van der Waals surface area (Å²) in [5.74, 6) is -0.119. The Kier molecular flexibility index (Phi) is 7.55. The van der Waals surface area contributed by atoms with E-state index in [1.165, 1.54) is 0 Å². The minimum Gasteiger partial charge on any atom is -0.329 e. The van der Waals surface area contributed by atoms with E-state index in [0.717, 1.165) is 11.3 Å². The van der Waals surface area contributed by atoms with Gasteiger partial charge < -0.3 is 9.47 Å². The van der Waals surface area contributed by atoms with Crippen LogP contribution in [0, 0.1) is 11.3 Å². The lowest BCUT2D eigenvalue weighted by atomic mass is 10.1. The first kappa shape index (κ1) is 24.9. The van der Waals surface area contributed by atoms with Gasteiger partial charge in [-0.1, -0.05) is 36.7 Å². The van der Waals surface area contributed by atoms with Crippen LogP contribution >= 0.6 is 11.6 Å². The standard InChI is InChI=1S/C25H26ClN5O3S/c1-2-35(33,34)17-24-15-31(22-5-3-4-21(26)10-22)25(32)16-29(24)14-23-12-28-18-30(23)13-20-8-6-19(11-27)7-9-20/h3-10,12,18,24H,2,13-17H2,1H3/t24-/m0/s1.